The third-order valence-corrected chi connectivity index (χ3v) is 3.27. The fraction of sp³-hybridized carbons (Fsp3) is 0.200. The number of nitrogens with one attached hydrogen (secondary N) is 3. The van der Waals surface area contributed by atoms with Crippen LogP contribution in [0.15, 0.2) is 60.7 Å². The first kappa shape index (κ1) is 19.1. The summed E-state index contributed by atoms with van der Waals surface area (Å²) < 4.78 is 5.64. The fourth-order valence-corrected chi connectivity index (χ4v) is 2.18. The van der Waals surface area contributed by atoms with E-state index in [0.29, 0.717) is 23.7 Å². The molecule has 0 atom stereocenters. The molecule has 0 aromatic heterocycles. The molecular weight excluding hydrogens is 330 g/mol. The zero-order valence-electron chi connectivity index (χ0n) is 15.0. The average molecular weight is 353 g/mol. The molecule has 2 rings (SSSR count). The van der Waals surface area contributed by atoms with Gasteiger partial charge in [-0.05, 0) is 42.8 Å². The molecule has 0 spiro atoms. The van der Waals surface area contributed by atoms with Gasteiger partial charge in [-0.15, -0.1) is 0 Å². The van der Waals surface area contributed by atoms with Gasteiger partial charge >= 0.3 is 0 Å². The molecule has 0 heterocycles. The van der Waals surface area contributed by atoms with Crippen LogP contribution in [0.4, 0.5) is 17.1 Å². The van der Waals surface area contributed by atoms with Gasteiger partial charge in [-0.25, -0.2) is 0 Å². The Hall–Kier alpha value is -3.28. The van der Waals surface area contributed by atoms with E-state index in [0.717, 1.165) is 11.3 Å². The molecule has 0 radical (unpaired) electrons. The van der Waals surface area contributed by atoms with Crippen LogP contribution in [0.25, 0.3) is 0 Å². The molecule has 6 nitrogen and oxygen atoms in total. The molecule has 26 heavy (non-hydrogen) atoms. The van der Waals surface area contributed by atoms with Crippen molar-refractivity contribution in [3.05, 3.63) is 60.7 Å². The van der Waals surface area contributed by atoms with Crippen molar-refractivity contribution in [1.29, 1.82) is 0 Å². The van der Waals surface area contributed by atoms with Crippen molar-refractivity contribution in [2.75, 3.05) is 29.1 Å². The van der Waals surface area contributed by atoms with Crippen LogP contribution in [0.5, 0.6) is 5.75 Å². The first-order valence-electron chi connectivity index (χ1n) is 8.21. The first-order valence-corrected chi connectivity index (χ1v) is 8.21. The predicted molar refractivity (Wildman–Crippen MR) is 105 cm³/mol. The highest BCUT2D eigenvalue weighted by atomic mass is 16.5. The maximum atomic E-state index is 12.2. The Morgan fingerprint density at radius 2 is 1.73 bits per heavy atom. The number of para-hydroxylation sites is 2. The standard InChI is InChI=1S/C20H23N3O3/c1-14(2)13-26-19-10-5-4-9-18(19)23-20(25)12-21-16-7-6-8-17(11-16)22-15(3)24/h4-11,21H,1,12-13H2,2-3H3,(H,22,24)(H,23,25). The number of hydrogen-bond acceptors (Lipinski definition) is 4. The molecular formula is C20H23N3O3. The van der Waals surface area contributed by atoms with Crippen LogP contribution in [-0.2, 0) is 9.59 Å². The number of carbonyl (C=O) groups excluding carboxylic acids is 2. The number of rotatable bonds is 8. The minimum Gasteiger partial charge on any atom is -0.487 e. The molecule has 3 N–H and O–H groups in total. The predicted octanol–water partition coefficient (Wildman–Crippen LogP) is 3.65. The number of amides is 2. The van der Waals surface area contributed by atoms with Crippen molar-refractivity contribution in [3.63, 3.8) is 0 Å². The lowest BCUT2D eigenvalue weighted by molar-refractivity contribution is -0.115. The van der Waals surface area contributed by atoms with E-state index in [2.05, 4.69) is 22.5 Å². The third kappa shape index (κ3) is 6.32. The van der Waals surface area contributed by atoms with E-state index in [1.54, 1.807) is 30.3 Å². The zero-order chi connectivity index (χ0) is 18.9. The summed E-state index contributed by atoms with van der Waals surface area (Å²) in [6, 6.07) is 14.4. The molecule has 2 amide bonds. The summed E-state index contributed by atoms with van der Waals surface area (Å²) >= 11 is 0. The number of benzene rings is 2. The highest BCUT2D eigenvalue weighted by Crippen LogP contribution is 2.24. The molecule has 136 valence electrons. The molecule has 2 aromatic rings. The average Bonchev–Trinajstić information content (AvgIpc) is 2.59. The van der Waals surface area contributed by atoms with Crippen LogP contribution in [0, 0.1) is 0 Å². The first-order chi connectivity index (χ1) is 12.4. The fourth-order valence-electron chi connectivity index (χ4n) is 2.18. The van der Waals surface area contributed by atoms with E-state index in [1.165, 1.54) is 6.92 Å². The molecule has 0 saturated carbocycles. The number of hydrogen-bond donors (Lipinski definition) is 3. The summed E-state index contributed by atoms with van der Waals surface area (Å²) in [6.07, 6.45) is 0. The van der Waals surface area contributed by atoms with Gasteiger partial charge in [0.2, 0.25) is 11.8 Å². The van der Waals surface area contributed by atoms with Gasteiger partial charge in [0.1, 0.15) is 12.4 Å². The molecule has 0 aliphatic carbocycles. The monoisotopic (exact) mass is 353 g/mol. The molecule has 6 heteroatoms. The van der Waals surface area contributed by atoms with Gasteiger partial charge in [0, 0.05) is 18.3 Å². The molecule has 0 aliphatic rings. The zero-order valence-corrected chi connectivity index (χ0v) is 15.0. The van der Waals surface area contributed by atoms with E-state index >= 15 is 0 Å². The molecule has 0 aliphatic heterocycles. The minimum atomic E-state index is -0.207. The normalized spacial score (nSPS) is 9.92. The summed E-state index contributed by atoms with van der Waals surface area (Å²) in [7, 11) is 0. The number of ether oxygens (including phenoxy) is 1. The van der Waals surface area contributed by atoms with Gasteiger partial charge in [-0.2, -0.15) is 0 Å². The Bertz CT molecular complexity index is 802. The lowest BCUT2D eigenvalue weighted by atomic mass is 10.2. The van der Waals surface area contributed by atoms with E-state index in [9.17, 15) is 9.59 Å². The summed E-state index contributed by atoms with van der Waals surface area (Å²) in [5.41, 5.74) is 2.90. The smallest absolute Gasteiger partial charge is 0.243 e. The molecule has 0 bridgehead atoms. The van der Waals surface area contributed by atoms with E-state index in [-0.39, 0.29) is 18.4 Å². The molecule has 0 saturated heterocycles. The SMILES string of the molecule is C=C(C)COc1ccccc1NC(=O)CNc1cccc(NC(C)=O)c1. The van der Waals surface area contributed by atoms with Crippen LogP contribution < -0.4 is 20.7 Å². The second-order valence-electron chi connectivity index (χ2n) is 5.91. The van der Waals surface area contributed by atoms with Crippen molar-refractivity contribution < 1.29 is 14.3 Å². The number of carbonyl (C=O) groups is 2. The summed E-state index contributed by atoms with van der Waals surface area (Å²) in [4.78, 5) is 23.3. The number of anilines is 3. The Morgan fingerprint density at radius 3 is 2.46 bits per heavy atom. The third-order valence-electron chi connectivity index (χ3n) is 3.27. The van der Waals surface area contributed by atoms with Gasteiger partial charge in [-0.1, -0.05) is 24.8 Å². The Balaban J connectivity index is 1.93. The minimum absolute atomic E-state index is 0.0817. The molecule has 0 fully saturated rings. The van der Waals surface area contributed by atoms with E-state index < -0.39 is 0 Å². The van der Waals surface area contributed by atoms with Gasteiger partial charge in [0.15, 0.2) is 0 Å². The second-order valence-corrected chi connectivity index (χ2v) is 5.91. The highest BCUT2D eigenvalue weighted by Gasteiger charge is 2.08. The van der Waals surface area contributed by atoms with Crippen molar-refractivity contribution in [2.24, 2.45) is 0 Å². The van der Waals surface area contributed by atoms with Crippen LogP contribution in [0.3, 0.4) is 0 Å². The highest BCUT2D eigenvalue weighted by molar-refractivity contribution is 5.95. The van der Waals surface area contributed by atoms with Crippen LogP contribution in [-0.4, -0.2) is 25.0 Å². The van der Waals surface area contributed by atoms with Crippen LogP contribution in [0.2, 0.25) is 0 Å². The lowest BCUT2D eigenvalue weighted by Gasteiger charge is -2.13. The largest absolute Gasteiger partial charge is 0.487 e. The van der Waals surface area contributed by atoms with Crippen molar-refractivity contribution >= 4 is 28.9 Å². The van der Waals surface area contributed by atoms with Crippen LogP contribution >= 0.6 is 0 Å². The quantitative estimate of drug-likeness (QED) is 0.633. The second kappa shape index (κ2) is 9.27. The van der Waals surface area contributed by atoms with Crippen LogP contribution in [0.1, 0.15) is 13.8 Å². The Kier molecular flexibility index (Phi) is 6.79. The summed E-state index contributed by atoms with van der Waals surface area (Å²) in [6.45, 7) is 7.59. The molecule has 2 aromatic carbocycles. The maximum Gasteiger partial charge on any atom is 0.243 e. The van der Waals surface area contributed by atoms with Crippen molar-refractivity contribution in [3.8, 4) is 5.75 Å². The van der Waals surface area contributed by atoms with Gasteiger partial charge < -0.3 is 20.7 Å². The summed E-state index contributed by atoms with van der Waals surface area (Å²) in [5.74, 6) is 0.240. The van der Waals surface area contributed by atoms with Gasteiger partial charge in [0.25, 0.3) is 0 Å². The Morgan fingerprint density at radius 1 is 1.00 bits per heavy atom. The van der Waals surface area contributed by atoms with E-state index in [4.69, 9.17) is 4.74 Å². The van der Waals surface area contributed by atoms with Gasteiger partial charge in [-0.3, -0.25) is 9.59 Å². The lowest BCUT2D eigenvalue weighted by Crippen LogP contribution is -2.22. The molecule has 0 unspecified atom stereocenters. The Labute approximate surface area is 153 Å². The van der Waals surface area contributed by atoms with Crippen molar-refractivity contribution in [1.82, 2.24) is 0 Å². The van der Waals surface area contributed by atoms with Gasteiger partial charge in [0.05, 0.1) is 12.2 Å². The topological polar surface area (TPSA) is 79.5 Å². The van der Waals surface area contributed by atoms with Crippen molar-refractivity contribution in [2.45, 2.75) is 13.8 Å². The maximum absolute atomic E-state index is 12.2. The van der Waals surface area contributed by atoms with E-state index in [1.807, 2.05) is 25.1 Å². The summed E-state index contributed by atoms with van der Waals surface area (Å²) in [5, 5.41) is 8.56.